The van der Waals surface area contributed by atoms with Gasteiger partial charge in [0.05, 0.1) is 11.0 Å². The number of ether oxygens (including phenoxy) is 1. The Hall–Kier alpha value is -3.11. The van der Waals surface area contributed by atoms with Crippen LogP contribution in [-0.2, 0) is 17.6 Å². The molecule has 0 bridgehead atoms. The standard InChI is InChI=1S/C19H15N3O3S/c20-9-12(18-21-13-5-1-2-6-14(13)22-18)15(23)10-25-19(24)17-8-11-4-3-7-16(11)26-17/h1-2,5-6,8,23H,3-4,7,10H2,(H,21,22)/b15-12-. The minimum Gasteiger partial charge on any atom is -0.507 e. The summed E-state index contributed by atoms with van der Waals surface area (Å²) in [5.41, 5.74) is 2.62. The highest BCUT2D eigenvalue weighted by molar-refractivity contribution is 7.14. The van der Waals surface area contributed by atoms with E-state index in [-0.39, 0.29) is 23.8 Å². The molecule has 3 aromatic rings. The first kappa shape index (κ1) is 16.4. The van der Waals surface area contributed by atoms with Crippen LogP contribution in [0, 0.1) is 11.3 Å². The van der Waals surface area contributed by atoms with Gasteiger partial charge in [0.1, 0.15) is 23.1 Å². The minimum absolute atomic E-state index is 0.0392. The third-order valence-corrected chi connectivity index (χ3v) is 5.53. The number of nitriles is 1. The van der Waals surface area contributed by atoms with Crippen molar-refractivity contribution in [2.45, 2.75) is 19.3 Å². The molecule has 2 N–H and O–H groups in total. The number of H-pyrrole nitrogens is 1. The number of nitrogens with zero attached hydrogens (tertiary/aromatic N) is 2. The van der Waals surface area contributed by atoms with E-state index in [4.69, 9.17) is 4.74 Å². The van der Waals surface area contributed by atoms with E-state index in [9.17, 15) is 15.2 Å². The molecule has 130 valence electrons. The van der Waals surface area contributed by atoms with Crippen LogP contribution >= 0.6 is 11.3 Å². The maximum absolute atomic E-state index is 12.2. The molecule has 2 heterocycles. The third-order valence-electron chi connectivity index (χ3n) is 4.31. The molecule has 0 unspecified atom stereocenters. The molecule has 0 spiro atoms. The molecule has 0 amide bonds. The van der Waals surface area contributed by atoms with Gasteiger partial charge in [-0.1, -0.05) is 12.1 Å². The Morgan fingerprint density at radius 3 is 3.00 bits per heavy atom. The van der Waals surface area contributed by atoms with Crippen molar-refractivity contribution in [3.63, 3.8) is 0 Å². The smallest absolute Gasteiger partial charge is 0.348 e. The predicted octanol–water partition coefficient (Wildman–Crippen LogP) is 3.76. The summed E-state index contributed by atoms with van der Waals surface area (Å²) in [4.78, 5) is 21.2. The monoisotopic (exact) mass is 365 g/mol. The summed E-state index contributed by atoms with van der Waals surface area (Å²) in [5, 5.41) is 19.6. The fraction of sp³-hybridized carbons (Fsp3) is 0.211. The molecular weight excluding hydrogens is 350 g/mol. The molecule has 0 atom stereocenters. The van der Waals surface area contributed by atoms with E-state index in [1.165, 1.54) is 21.8 Å². The number of fused-ring (bicyclic) bond motifs is 2. The maximum atomic E-state index is 12.2. The van der Waals surface area contributed by atoms with Crippen molar-refractivity contribution < 1.29 is 14.6 Å². The molecule has 26 heavy (non-hydrogen) atoms. The highest BCUT2D eigenvalue weighted by Gasteiger charge is 2.20. The number of aliphatic hydroxyl groups is 1. The summed E-state index contributed by atoms with van der Waals surface area (Å²) in [7, 11) is 0. The van der Waals surface area contributed by atoms with Gasteiger partial charge in [-0.05, 0) is 43.0 Å². The highest BCUT2D eigenvalue weighted by Crippen LogP contribution is 2.31. The highest BCUT2D eigenvalue weighted by atomic mass is 32.1. The molecular formula is C19H15N3O3S. The number of aliphatic hydroxyl groups excluding tert-OH is 1. The van der Waals surface area contributed by atoms with Crippen molar-refractivity contribution in [3.05, 3.63) is 57.2 Å². The lowest BCUT2D eigenvalue weighted by atomic mass is 10.2. The van der Waals surface area contributed by atoms with Crippen LogP contribution in [0.15, 0.2) is 36.1 Å². The Morgan fingerprint density at radius 2 is 2.23 bits per heavy atom. The average Bonchev–Trinajstić information content (AvgIpc) is 3.33. The minimum atomic E-state index is -0.488. The zero-order valence-corrected chi connectivity index (χ0v) is 14.6. The number of esters is 1. The number of nitrogens with one attached hydrogen (secondary N) is 1. The number of para-hydroxylation sites is 2. The lowest BCUT2D eigenvalue weighted by Crippen LogP contribution is -2.08. The normalized spacial score (nSPS) is 14.0. The van der Waals surface area contributed by atoms with E-state index < -0.39 is 5.97 Å². The first-order chi connectivity index (χ1) is 12.7. The molecule has 7 heteroatoms. The fourth-order valence-corrected chi connectivity index (χ4v) is 4.18. The number of carbonyl (C=O) groups excluding carboxylic acids is 1. The fourth-order valence-electron chi connectivity index (χ4n) is 3.03. The zero-order chi connectivity index (χ0) is 18.1. The molecule has 0 saturated carbocycles. The van der Waals surface area contributed by atoms with Gasteiger partial charge in [0.25, 0.3) is 0 Å². The molecule has 6 nitrogen and oxygen atoms in total. The van der Waals surface area contributed by atoms with E-state index in [0.717, 1.165) is 24.8 Å². The Kier molecular flexibility index (Phi) is 4.19. The number of carbonyl (C=O) groups is 1. The Bertz CT molecular complexity index is 1020. The van der Waals surface area contributed by atoms with Crippen LogP contribution in [0.3, 0.4) is 0 Å². The van der Waals surface area contributed by atoms with Gasteiger partial charge >= 0.3 is 5.97 Å². The Labute approximate surface area is 153 Å². The average molecular weight is 365 g/mol. The van der Waals surface area contributed by atoms with Gasteiger partial charge in [-0.2, -0.15) is 5.26 Å². The molecule has 2 aromatic heterocycles. The van der Waals surface area contributed by atoms with Gasteiger partial charge in [-0.25, -0.2) is 9.78 Å². The molecule has 1 aliphatic rings. The van der Waals surface area contributed by atoms with Gasteiger partial charge < -0.3 is 14.8 Å². The topological polar surface area (TPSA) is 99.0 Å². The van der Waals surface area contributed by atoms with Crippen LogP contribution in [0.2, 0.25) is 0 Å². The number of hydrogen-bond acceptors (Lipinski definition) is 6. The molecule has 0 aliphatic heterocycles. The summed E-state index contributed by atoms with van der Waals surface area (Å²) in [6.07, 6.45) is 3.13. The van der Waals surface area contributed by atoms with Crippen LogP contribution in [-0.4, -0.2) is 27.7 Å². The van der Waals surface area contributed by atoms with E-state index in [1.807, 2.05) is 30.3 Å². The van der Waals surface area contributed by atoms with Crippen LogP contribution in [0.5, 0.6) is 0 Å². The number of aromatic nitrogens is 2. The molecule has 4 rings (SSSR count). The number of benzene rings is 1. The third kappa shape index (κ3) is 2.95. The number of aryl methyl sites for hydroxylation is 2. The first-order valence-corrected chi connectivity index (χ1v) is 9.03. The zero-order valence-electron chi connectivity index (χ0n) is 13.8. The van der Waals surface area contributed by atoms with E-state index in [2.05, 4.69) is 9.97 Å². The lowest BCUT2D eigenvalue weighted by Gasteiger charge is -2.04. The number of aromatic amines is 1. The van der Waals surface area contributed by atoms with Gasteiger partial charge in [-0.15, -0.1) is 11.3 Å². The van der Waals surface area contributed by atoms with Crippen LogP contribution in [0.25, 0.3) is 16.6 Å². The Morgan fingerprint density at radius 1 is 1.38 bits per heavy atom. The summed E-state index contributed by atoms with van der Waals surface area (Å²) >= 11 is 1.44. The van der Waals surface area contributed by atoms with Crippen molar-refractivity contribution in [3.8, 4) is 6.07 Å². The second-order valence-electron chi connectivity index (χ2n) is 6.02. The summed E-state index contributed by atoms with van der Waals surface area (Å²) in [5.74, 6) is -0.570. The first-order valence-electron chi connectivity index (χ1n) is 8.21. The summed E-state index contributed by atoms with van der Waals surface area (Å²) < 4.78 is 5.18. The van der Waals surface area contributed by atoms with Gasteiger partial charge in [-0.3, -0.25) is 0 Å². The van der Waals surface area contributed by atoms with Crippen molar-refractivity contribution in [1.29, 1.82) is 5.26 Å². The molecule has 1 aliphatic carbocycles. The Balaban J connectivity index is 1.51. The maximum Gasteiger partial charge on any atom is 0.348 e. The van der Waals surface area contributed by atoms with Crippen molar-refractivity contribution >= 4 is 33.9 Å². The quantitative estimate of drug-likeness (QED) is 0.417. The SMILES string of the molecule is N#C/C(=C(/O)COC(=O)c1cc2c(s1)CCC2)c1nc2ccccc2[nH]1. The van der Waals surface area contributed by atoms with Crippen LogP contribution < -0.4 is 0 Å². The van der Waals surface area contributed by atoms with E-state index in [1.54, 1.807) is 6.07 Å². The van der Waals surface area contributed by atoms with Crippen LogP contribution in [0.4, 0.5) is 0 Å². The van der Waals surface area contributed by atoms with Crippen molar-refractivity contribution in [2.75, 3.05) is 6.61 Å². The van der Waals surface area contributed by atoms with Gasteiger partial charge in [0, 0.05) is 4.88 Å². The van der Waals surface area contributed by atoms with Crippen molar-refractivity contribution in [1.82, 2.24) is 9.97 Å². The van der Waals surface area contributed by atoms with Gasteiger partial charge in [0.15, 0.2) is 11.6 Å². The lowest BCUT2D eigenvalue weighted by molar-refractivity contribution is 0.0508. The van der Waals surface area contributed by atoms with E-state index >= 15 is 0 Å². The predicted molar refractivity (Wildman–Crippen MR) is 97.9 cm³/mol. The van der Waals surface area contributed by atoms with Crippen LogP contribution in [0.1, 0.15) is 32.4 Å². The molecule has 0 radical (unpaired) electrons. The molecule has 1 aromatic carbocycles. The molecule has 0 fully saturated rings. The molecule has 0 saturated heterocycles. The second kappa shape index (κ2) is 6.65. The largest absolute Gasteiger partial charge is 0.507 e. The number of rotatable bonds is 4. The van der Waals surface area contributed by atoms with Gasteiger partial charge in [0.2, 0.25) is 0 Å². The van der Waals surface area contributed by atoms with E-state index in [0.29, 0.717) is 10.4 Å². The number of allylic oxidation sites excluding steroid dienone is 1. The summed E-state index contributed by atoms with van der Waals surface area (Å²) in [6, 6.07) is 11.1. The number of thiophene rings is 1. The number of hydrogen-bond donors (Lipinski definition) is 2. The number of imidazole rings is 1. The summed E-state index contributed by atoms with van der Waals surface area (Å²) in [6.45, 7) is -0.374. The van der Waals surface area contributed by atoms with Crippen molar-refractivity contribution in [2.24, 2.45) is 0 Å². The second-order valence-corrected chi connectivity index (χ2v) is 7.16.